The standard InChI is InChI=1S/C22H25N3O2/c1-15(26)23-20-7-3-5-18(13-20)17-4-2-6-19(12-17)22(27)24-21-14-25-10-8-16(21)9-11-25/h2-7,12-13,16,21H,8-11,14H2,1H3,(H,23,26)(H,24,27)/t21-/m0/s1. The molecule has 5 heteroatoms. The average molecular weight is 363 g/mol. The highest BCUT2D eigenvalue weighted by Gasteiger charge is 2.34. The summed E-state index contributed by atoms with van der Waals surface area (Å²) in [5.74, 6) is 0.503. The molecule has 2 bridgehead atoms. The Morgan fingerprint density at radius 1 is 1.00 bits per heavy atom. The highest BCUT2D eigenvalue weighted by molar-refractivity contribution is 5.96. The van der Waals surface area contributed by atoms with Crippen LogP contribution in [0, 0.1) is 5.92 Å². The molecule has 3 fully saturated rings. The predicted octanol–water partition coefficient (Wildman–Crippen LogP) is 3.14. The molecule has 0 radical (unpaired) electrons. The van der Waals surface area contributed by atoms with Gasteiger partial charge in [0, 0.05) is 30.8 Å². The summed E-state index contributed by atoms with van der Waals surface area (Å²) in [5, 5.41) is 6.04. The monoisotopic (exact) mass is 363 g/mol. The molecule has 27 heavy (non-hydrogen) atoms. The molecule has 3 heterocycles. The first-order chi connectivity index (χ1) is 13.1. The Kier molecular flexibility index (Phi) is 4.94. The maximum absolute atomic E-state index is 12.8. The van der Waals surface area contributed by atoms with E-state index in [-0.39, 0.29) is 17.9 Å². The van der Waals surface area contributed by atoms with Gasteiger partial charge in [-0.3, -0.25) is 9.59 Å². The molecule has 2 aromatic rings. The second kappa shape index (κ2) is 7.53. The zero-order valence-electron chi connectivity index (χ0n) is 15.6. The topological polar surface area (TPSA) is 61.4 Å². The number of fused-ring (bicyclic) bond motifs is 3. The number of amides is 2. The molecule has 3 aliphatic rings. The molecule has 2 amide bonds. The number of carbonyl (C=O) groups is 2. The molecular formula is C22H25N3O2. The van der Waals surface area contributed by atoms with E-state index in [4.69, 9.17) is 0 Å². The van der Waals surface area contributed by atoms with Crippen LogP contribution in [0.3, 0.4) is 0 Å². The average Bonchev–Trinajstić information content (AvgIpc) is 2.69. The minimum absolute atomic E-state index is 0.00591. The van der Waals surface area contributed by atoms with Crippen LogP contribution in [-0.2, 0) is 4.79 Å². The van der Waals surface area contributed by atoms with E-state index >= 15 is 0 Å². The first-order valence-electron chi connectivity index (χ1n) is 9.60. The Morgan fingerprint density at radius 2 is 1.70 bits per heavy atom. The Balaban J connectivity index is 1.50. The van der Waals surface area contributed by atoms with E-state index in [0.717, 1.165) is 36.4 Å². The minimum atomic E-state index is -0.0993. The molecule has 140 valence electrons. The first kappa shape index (κ1) is 17.7. The molecule has 1 atom stereocenters. The van der Waals surface area contributed by atoms with E-state index in [1.165, 1.54) is 19.8 Å². The second-order valence-corrected chi connectivity index (χ2v) is 7.56. The van der Waals surface area contributed by atoms with Crippen molar-refractivity contribution in [3.05, 3.63) is 54.1 Å². The van der Waals surface area contributed by atoms with E-state index in [0.29, 0.717) is 11.5 Å². The second-order valence-electron chi connectivity index (χ2n) is 7.56. The summed E-state index contributed by atoms with van der Waals surface area (Å²) in [6.07, 6.45) is 2.36. The zero-order valence-corrected chi connectivity index (χ0v) is 15.6. The van der Waals surface area contributed by atoms with Gasteiger partial charge in [0.15, 0.2) is 0 Å². The van der Waals surface area contributed by atoms with Crippen LogP contribution < -0.4 is 10.6 Å². The van der Waals surface area contributed by atoms with Crippen molar-refractivity contribution >= 4 is 17.5 Å². The van der Waals surface area contributed by atoms with Gasteiger partial charge < -0.3 is 15.5 Å². The van der Waals surface area contributed by atoms with Gasteiger partial charge in [-0.2, -0.15) is 0 Å². The van der Waals surface area contributed by atoms with Gasteiger partial charge in [0.05, 0.1) is 0 Å². The van der Waals surface area contributed by atoms with Gasteiger partial charge >= 0.3 is 0 Å². The lowest BCUT2D eigenvalue weighted by molar-refractivity contribution is -0.114. The number of rotatable bonds is 4. The van der Waals surface area contributed by atoms with Crippen molar-refractivity contribution in [1.29, 1.82) is 0 Å². The Morgan fingerprint density at radius 3 is 2.37 bits per heavy atom. The van der Waals surface area contributed by atoms with E-state index < -0.39 is 0 Å². The highest BCUT2D eigenvalue weighted by Crippen LogP contribution is 2.28. The van der Waals surface area contributed by atoms with E-state index in [1.807, 2.05) is 48.5 Å². The summed E-state index contributed by atoms with van der Waals surface area (Å²) in [4.78, 5) is 26.5. The van der Waals surface area contributed by atoms with Crippen molar-refractivity contribution in [2.75, 3.05) is 25.0 Å². The van der Waals surface area contributed by atoms with E-state index in [9.17, 15) is 9.59 Å². The summed E-state index contributed by atoms with van der Waals surface area (Å²) >= 11 is 0. The summed E-state index contributed by atoms with van der Waals surface area (Å²) in [5.41, 5.74) is 3.36. The molecule has 0 aromatic heterocycles. The minimum Gasteiger partial charge on any atom is -0.348 e. The van der Waals surface area contributed by atoms with Gasteiger partial charge in [0.2, 0.25) is 5.91 Å². The van der Waals surface area contributed by atoms with Gasteiger partial charge in [0.25, 0.3) is 5.91 Å². The number of anilines is 1. The third-order valence-electron chi connectivity index (χ3n) is 5.61. The fraction of sp³-hybridized carbons (Fsp3) is 0.364. The fourth-order valence-electron chi connectivity index (χ4n) is 4.20. The normalized spacial score (nSPS) is 23.7. The van der Waals surface area contributed by atoms with Crippen LogP contribution >= 0.6 is 0 Å². The van der Waals surface area contributed by atoms with Crippen molar-refractivity contribution in [3.8, 4) is 11.1 Å². The molecule has 0 saturated carbocycles. The van der Waals surface area contributed by atoms with Crippen LogP contribution in [0.4, 0.5) is 5.69 Å². The highest BCUT2D eigenvalue weighted by atomic mass is 16.2. The van der Waals surface area contributed by atoms with Crippen LogP contribution in [0.2, 0.25) is 0 Å². The molecule has 3 aliphatic heterocycles. The van der Waals surface area contributed by atoms with Crippen LogP contribution in [0.15, 0.2) is 48.5 Å². The third-order valence-corrected chi connectivity index (χ3v) is 5.61. The Labute approximate surface area is 159 Å². The molecule has 2 aromatic carbocycles. The van der Waals surface area contributed by atoms with Crippen LogP contribution in [-0.4, -0.2) is 42.4 Å². The molecule has 0 spiro atoms. The van der Waals surface area contributed by atoms with Crippen molar-refractivity contribution in [2.24, 2.45) is 5.92 Å². The number of nitrogens with one attached hydrogen (secondary N) is 2. The number of benzene rings is 2. The summed E-state index contributed by atoms with van der Waals surface area (Å²) in [6, 6.07) is 15.6. The molecule has 0 unspecified atom stereocenters. The molecule has 0 aliphatic carbocycles. The van der Waals surface area contributed by atoms with Crippen LogP contribution in [0.5, 0.6) is 0 Å². The molecule has 2 N–H and O–H groups in total. The molecule has 3 saturated heterocycles. The number of hydrogen-bond acceptors (Lipinski definition) is 3. The van der Waals surface area contributed by atoms with E-state index in [1.54, 1.807) is 0 Å². The SMILES string of the molecule is CC(=O)Nc1cccc(-c2cccc(C(=O)N[C@H]3CN4CCC3CC4)c2)c1. The maximum atomic E-state index is 12.8. The Bertz CT molecular complexity index is 856. The summed E-state index contributed by atoms with van der Waals surface area (Å²) < 4.78 is 0. The lowest BCUT2D eigenvalue weighted by Gasteiger charge is -2.44. The van der Waals surface area contributed by atoms with Crippen molar-refractivity contribution in [3.63, 3.8) is 0 Å². The zero-order chi connectivity index (χ0) is 18.8. The fourth-order valence-corrected chi connectivity index (χ4v) is 4.20. The van der Waals surface area contributed by atoms with E-state index in [2.05, 4.69) is 15.5 Å². The predicted molar refractivity (Wildman–Crippen MR) is 107 cm³/mol. The quantitative estimate of drug-likeness (QED) is 0.877. The lowest BCUT2D eigenvalue weighted by Crippen LogP contribution is -2.57. The van der Waals surface area contributed by atoms with Crippen molar-refractivity contribution < 1.29 is 9.59 Å². The number of carbonyl (C=O) groups excluding carboxylic acids is 2. The number of hydrogen-bond donors (Lipinski definition) is 2. The van der Waals surface area contributed by atoms with Crippen molar-refractivity contribution in [1.82, 2.24) is 10.2 Å². The lowest BCUT2D eigenvalue weighted by atomic mass is 9.84. The first-order valence-corrected chi connectivity index (χ1v) is 9.60. The summed E-state index contributed by atoms with van der Waals surface area (Å²) in [6.45, 7) is 4.79. The van der Waals surface area contributed by atoms with Gasteiger partial charge in [-0.05, 0) is 67.2 Å². The number of piperidine rings is 3. The third kappa shape index (κ3) is 4.03. The Hall–Kier alpha value is -2.66. The summed E-state index contributed by atoms with van der Waals surface area (Å²) in [7, 11) is 0. The smallest absolute Gasteiger partial charge is 0.251 e. The van der Waals surface area contributed by atoms with Crippen LogP contribution in [0.25, 0.3) is 11.1 Å². The van der Waals surface area contributed by atoms with Gasteiger partial charge in [-0.25, -0.2) is 0 Å². The van der Waals surface area contributed by atoms with Crippen molar-refractivity contribution in [2.45, 2.75) is 25.8 Å². The number of nitrogens with zero attached hydrogens (tertiary/aromatic N) is 1. The van der Waals surface area contributed by atoms with Gasteiger partial charge in [-0.1, -0.05) is 24.3 Å². The molecule has 5 nitrogen and oxygen atoms in total. The van der Waals surface area contributed by atoms with Gasteiger partial charge in [-0.15, -0.1) is 0 Å². The van der Waals surface area contributed by atoms with Gasteiger partial charge in [0.1, 0.15) is 0 Å². The maximum Gasteiger partial charge on any atom is 0.251 e. The molecule has 5 rings (SSSR count). The van der Waals surface area contributed by atoms with Crippen LogP contribution in [0.1, 0.15) is 30.1 Å². The molecular weight excluding hydrogens is 338 g/mol. The largest absolute Gasteiger partial charge is 0.348 e.